The normalized spacial score (nSPS) is 16.9. The minimum Gasteiger partial charge on any atom is -0.368 e. The molecule has 158 valence electrons. The number of primary amides is 1. The molecule has 3 rings (SSSR count). The minimum absolute atomic E-state index is 0. The lowest BCUT2D eigenvalue weighted by atomic mass is 10.0. The quantitative estimate of drug-likeness (QED) is 0.617. The van der Waals surface area contributed by atoms with Gasteiger partial charge in [0, 0.05) is 24.7 Å². The van der Waals surface area contributed by atoms with Gasteiger partial charge in [0.25, 0.3) is 0 Å². The van der Waals surface area contributed by atoms with E-state index in [1.165, 1.54) is 0 Å². The summed E-state index contributed by atoms with van der Waals surface area (Å²) >= 11 is 0. The van der Waals surface area contributed by atoms with Crippen LogP contribution in [0.15, 0.2) is 54.6 Å². The van der Waals surface area contributed by atoms with Gasteiger partial charge in [-0.05, 0) is 42.6 Å². The molecule has 0 saturated carbocycles. The molecule has 2 aromatic carbocycles. The van der Waals surface area contributed by atoms with E-state index in [1.807, 2.05) is 54.6 Å². The molecular formula is C21H28Cl2N4O2. The van der Waals surface area contributed by atoms with Gasteiger partial charge >= 0.3 is 0 Å². The van der Waals surface area contributed by atoms with Crippen molar-refractivity contribution in [1.29, 1.82) is 0 Å². The third kappa shape index (κ3) is 7.01. The first-order valence-corrected chi connectivity index (χ1v) is 9.25. The Morgan fingerprint density at radius 1 is 1.10 bits per heavy atom. The zero-order valence-corrected chi connectivity index (χ0v) is 17.8. The fourth-order valence-corrected chi connectivity index (χ4v) is 3.55. The molecule has 5 N–H and O–H groups in total. The molecule has 0 bridgehead atoms. The molecule has 0 spiro atoms. The van der Waals surface area contributed by atoms with E-state index in [0.29, 0.717) is 6.54 Å². The topological polar surface area (TPSA) is 101 Å². The summed E-state index contributed by atoms with van der Waals surface area (Å²) in [6.45, 7) is 1.50. The average Bonchev–Trinajstić information content (AvgIpc) is 3.11. The predicted octanol–water partition coefficient (Wildman–Crippen LogP) is 3.01. The van der Waals surface area contributed by atoms with Gasteiger partial charge in [-0.2, -0.15) is 0 Å². The van der Waals surface area contributed by atoms with Crippen molar-refractivity contribution in [3.8, 4) is 0 Å². The Hall–Kier alpha value is -2.12. The Kier molecular flexibility index (Phi) is 10.1. The second-order valence-electron chi connectivity index (χ2n) is 7.00. The first-order chi connectivity index (χ1) is 13.0. The maximum absolute atomic E-state index is 12.3. The van der Waals surface area contributed by atoms with Crippen molar-refractivity contribution in [3.63, 3.8) is 0 Å². The van der Waals surface area contributed by atoms with Gasteiger partial charge in [-0.25, -0.2) is 0 Å². The highest BCUT2D eigenvalue weighted by atomic mass is 35.5. The molecule has 2 unspecified atom stereocenters. The summed E-state index contributed by atoms with van der Waals surface area (Å²) in [7, 11) is 0. The lowest BCUT2D eigenvalue weighted by molar-refractivity contribution is -0.122. The standard InChI is InChI=1S/C21H26N4O2.2ClH/c22-18(16-7-2-1-3-8-16)13-20(26)24-17-9-4-6-15(12-17)14-25-11-5-10-19(25)21(23)27;;/h1-4,6-9,12,18-19H,5,10-11,13-14,22H2,(H2,23,27)(H,24,26);2*1H. The number of amides is 2. The summed E-state index contributed by atoms with van der Waals surface area (Å²) in [5.74, 6) is -0.397. The largest absolute Gasteiger partial charge is 0.368 e. The maximum atomic E-state index is 12.3. The fraction of sp³-hybridized carbons (Fsp3) is 0.333. The van der Waals surface area contributed by atoms with E-state index in [4.69, 9.17) is 11.5 Å². The summed E-state index contributed by atoms with van der Waals surface area (Å²) in [5.41, 5.74) is 14.3. The second-order valence-corrected chi connectivity index (χ2v) is 7.00. The predicted molar refractivity (Wildman–Crippen MR) is 120 cm³/mol. The third-order valence-corrected chi connectivity index (χ3v) is 4.92. The van der Waals surface area contributed by atoms with Crippen LogP contribution in [0.3, 0.4) is 0 Å². The third-order valence-electron chi connectivity index (χ3n) is 4.92. The lowest BCUT2D eigenvalue weighted by Crippen LogP contribution is -2.39. The molecule has 1 fully saturated rings. The monoisotopic (exact) mass is 438 g/mol. The molecule has 1 saturated heterocycles. The number of rotatable bonds is 7. The van der Waals surface area contributed by atoms with Crippen LogP contribution in [0.1, 0.15) is 36.4 Å². The number of nitrogens with one attached hydrogen (secondary N) is 1. The molecule has 1 aliphatic heterocycles. The number of carbonyl (C=O) groups excluding carboxylic acids is 2. The Morgan fingerprint density at radius 3 is 2.52 bits per heavy atom. The zero-order valence-electron chi connectivity index (χ0n) is 16.1. The first kappa shape index (κ1) is 24.9. The molecule has 1 aliphatic rings. The van der Waals surface area contributed by atoms with Crippen molar-refractivity contribution >= 4 is 42.3 Å². The Morgan fingerprint density at radius 2 is 1.83 bits per heavy atom. The zero-order chi connectivity index (χ0) is 19.2. The van der Waals surface area contributed by atoms with Gasteiger partial charge in [0.2, 0.25) is 11.8 Å². The number of anilines is 1. The van der Waals surface area contributed by atoms with Crippen molar-refractivity contribution in [3.05, 3.63) is 65.7 Å². The van der Waals surface area contributed by atoms with Crippen molar-refractivity contribution in [2.24, 2.45) is 11.5 Å². The van der Waals surface area contributed by atoms with Gasteiger partial charge in [0.05, 0.1) is 6.04 Å². The first-order valence-electron chi connectivity index (χ1n) is 9.25. The van der Waals surface area contributed by atoms with E-state index < -0.39 is 0 Å². The number of likely N-dealkylation sites (tertiary alicyclic amines) is 1. The van der Waals surface area contributed by atoms with Gasteiger partial charge in [0.15, 0.2) is 0 Å². The summed E-state index contributed by atoms with van der Waals surface area (Å²) in [6.07, 6.45) is 1.99. The average molecular weight is 439 g/mol. The van der Waals surface area contributed by atoms with E-state index in [2.05, 4.69) is 10.2 Å². The van der Waals surface area contributed by atoms with Crippen LogP contribution in [0, 0.1) is 0 Å². The summed E-state index contributed by atoms with van der Waals surface area (Å²) < 4.78 is 0. The SMILES string of the molecule is Cl.Cl.NC(=O)C1CCCN1Cc1cccc(NC(=O)CC(N)c2ccccc2)c1. The molecular weight excluding hydrogens is 411 g/mol. The molecule has 0 aliphatic carbocycles. The maximum Gasteiger partial charge on any atom is 0.234 e. The van der Waals surface area contributed by atoms with Gasteiger partial charge in [-0.3, -0.25) is 14.5 Å². The van der Waals surface area contributed by atoms with Crippen LogP contribution in [0.2, 0.25) is 0 Å². The molecule has 0 radical (unpaired) electrons. The van der Waals surface area contributed by atoms with E-state index in [-0.39, 0.29) is 55.1 Å². The van der Waals surface area contributed by atoms with Crippen LogP contribution in [-0.4, -0.2) is 29.3 Å². The van der Waals surface area contributed by atoms with Crippen molar-refractivity contribution in [2.75, 3.05) is 11.9 Å². The smallest absolute Gasteiger partial charge is 0.234 e. The van der Waals surface area contributed by atoms with E-state index >= 15 is 0 Å². The molecule has 2 amide bonds. The Bertz CT molecular complexity index is 804. The molecule has 0 aromatic heterocycles. The molecule has 29 heavy (non-hydrogen) atoms. The molecule has 1 heterocycles. The van der Waals surface area contributed by atoms with Crippen molar-refractivity contribution in [1.82, 2.24) is 4.90 Å². The molecule has 6 nitrogen and oxygen atoms in total. The van der Waals surface area contributed by atoms with Crippen molar-refractivity contribution in [2.45, 2.75) is 37.9 Å². The number of halogens is 2. The number of hydrogen-bond donors (Lipinski definition) is 3. The number of nitrogens with zero attached hydrogens (tertiary/aromatic N) is 1. The van der Waals surface area contributed by atoms with Crippen LogP contribution in [0.4, 0.5) is 5.69 Å². The van der Waals surface area contributed by atoms with Crippen molar-refractivity contribution < 1.29 is 9.59 Å². The van der Waals surface area contributed by atoms with Crippen LogP contribution >= 0.6 is 24.8 Å². The number of carbonyl (C=O) groups is 2. The van der Waals surface area contributed by atoms with Crippen LogP contribution in [-0.2, 0) is 16.1 Å². The van der Waals surface area contributed by atoms with Crippen LogP contribution in [0.25, 0.3) is 0 Å². The fourth-order valence-electron chi connectivity index (χ4n) is 3.55. The van der Waals surface area contributed by atoms with Gasteiger partial charge in [-0.15, -0.1) is 24.8 Å². The molecule has 2 atom stereocenters. The molecule has 8 heteroatoms. The van der Waals surface area contributed by atoms with Gasteiger partial charge in [0.1, 0.15) is 0 Å². The van der Waals surface area contributed by atoms with Crippen LogP contribution in [0.5, 0.6) is 0 Å². The van der Waals surface area contributed by atoms with Gasteiger partial charge < -0.3 is 16.8 Å². The van der Waals surface area contributed by atoms with E-state index in [9.17, 15) is 9.59 Å². The lowest BCUT2D eigenvalue weighted by Gasteiger charge is -2.22. The summed E-state index contributed by atoms with van der Waals surface area (Å²) in [4.78, 5) is 26.0. The highest BCUT2D eigenvalue weighted by Crippen LogP contribution is 2.21. The summed E-state index contributed by atoms with van der Waals surface area (Å²) in [5, 5.41) is 2.91. The minimum atomic E-state index is -0.338. The Labute approximate surface area is 183 Å². The Balaban J connectivity index is 0.00000210. The number of benzene rings is 2. The molecule has 2 aromatic rings. The summed E-state index contributed by atoms with van der Waals surface area (Å²) in [6, 6.07) is 16.7. The van der Waals surface area contributed by atoms with E-state index in [1.54, 1.807) is 0 Å². The van der Waals surface area contributed by atoms with Crippen LogP contribution < -0.4 is 16.8 Å². The van der Waals surface area contributed by atoms with Gasteiger partial charge in [-0.1, -0.05) is 42.5 Å². The highest BCUT2D eigenvalue weighted by Gasteiger charge is 2.28. The highest BCUT2D eigenvalue weighted by molar-refractivity contribution is 5.91. The number of nitrogens with two attached hydrogens (primary N) is 2. The second kappa shape index (κ2) is 11.8. The number of hydrogen-bond acceptors (Lipinski definition) is 4. The van der Waals surface area contributed by atoms with E-state index in [0.717, 1.165) is 36.2 Å².